The summed E-state index contributed by atoms with van der Waals surface area (Å²) in [6, 6.07) is 0. The molecule has 0 aliphatic rings. The van der Waals surface area contributed by atoms with Crippen molar-refractivity contribution in [2.75, 3.05) is 6.61 Å². The standard InChI is InChI=1S/C20H39O7P.CH4/c1-18(2,3)13-12-15(21)10-9-11-16(22)17(23)20(7,8)14-26-28(24,25)27-19(4,5)6;/h17,23H,9-14H2,1-8H3,(H,24,25);1H4. The molecule has 0 rings (SSSR count). The maximum absolute atomic E-state index is 12.3. The molecule has 0 saturated carbocycles. The minimum atomic E-state index is -4.30. The van der Waals surface area contributed by atoms with Gasteiger partial charge in [-0.2, -0.15) is 0 Å². The molecule has 0 aromatic heterocycles. The molecule has 0 aromatic rings. The Balaban J connectivity index is 0. The highest BCUT2D eigenvalue weighted by atomic mass is 31.2. The van der Waals surface area contributed by atoms with Gasteiger partial charge in [-0.3, -0.25) is 18.6 Å². The van der Waals surface area contributed by atoms with E-state index in [1.54, 1.807) is 34.6 Å². The van der Waals surface area contributed by atoms with Gasteiger partial charge in [0.15, 0.2) is 5.78 Å². The third kappa shape index (κ3) is 14.9. The summed E-state index contributed by atoms with van der Waals surface area (Å²) >= 11 is 0. The number of hydrogen-bond donors (Lipinski definition) is 2. The van der Waals surface area contributed by atoms with E-state index >= 15 is 0 Å². The van der Waals surface area contributed by atoms with Crippen LogP contribution in [0.4, 0.5) is 0 Å². The monoisotopic (exact) mass is 438 g/mol. The van der Waals surface area contributed by atoms with E-state index < -0.39 is 30.7 Å². The van der Waals surface area contributed by atoms with Crippen LogP contribution >= 0.6 is 7.82 Å². The lowest BCUT2D eigenvalue weighted by atomic mass is 9.83. The van der Waals surface area contributed by atoms with Gasteiger partial charge in [0.1, 0.15) is 11.9 Å². The molecule has 8 heteroatoms. The number of aliphatic hydroxyl groups excluding tert-OH is 1. The Morgan fingerprint density at radius 1 is 0.966 bits per heavy atom. The highest BCUT2D eigenvalue weighted by molar-refractivity contribution is 7.47. The predicted molar refractivity (Wildman–Crippen MR) is 116 cm³/mol. The van der Waals surface area contributed by atoms with Crippen LogP contribution in [0.2, 0.25) is 0 Å². The molecule has 0 aromatic carbocycles. The molecule has 0 bridgehead atoms. The summed E-state index contributed by atoms with van der Waals surface area (Å²) < 4.78 is 21.9. The molecule has 2 N–H and O–H groups in total. The Morgan fingerprint density at radius 2 is 1.48 bits per heavy atom. The highest BCUT2D eigenvalue weighted by Gasteiger charge is 2.37. The van der Waals surface area contributed by atoms with Crippen LogP contribution in [-0.2, 0) is 23.2 Å². The minimum Gasteiger partial charge on any atom is -0.385 e. The summed E-state index contributed by atoms with van der Waals surface area (Å²) in [6.45, 7) is 13.9. The van der Waals surface area contributed by atoms with Crippen LogP contribution in [0.15, 0.2) is 0 Å². The zero-order valence-corrected chi connectivity index (χ0v) is 19.6. The molecule has 0 saturated heterocycles. The normalized spacial score (nSPS) is 15.9. The van der Waals surface area contributed by atoms with Crippen LogP contribution in [0, 0.1) is 10.8 Å². The van der Waals surface area contributed by atoms with Gasteiger partial charge in [0.05, 0.1) is 12.2 Å². The van der Waals surface area contributed by atoms with Crippen molar-refractivity contribution in [1.29, 1.82) is 0 Å². The lowest BCUT2D eigenvalue weighted by molar-refractivity contribution is -0.135. The van der Waals surface area contributed by atoms with Crippen molar-refractivity contribution in [3.63, 3.8) is 0 Å². The van der Waals surface area contributed by atoms with Crippen LogP contribution in [0.3, 0.4) is 0 Å². The number of aliphatic hydroxyl groups is 1. The molecular weight excluding hydrogens is 395 g/mol. The van der Waals surface area contributed by atoms with Crippen molar-refractivity contribution in [3.8, 4) is 0 Å². The summed E-state index contributed by atoms with van der Waals surface area (Å²) in [7, 11) is -4.30. The number of carbonyl (C=O) groups is 2. The Morgan fingerprint density at radius 3 is 1.93 bits per heavy atom. The molecule has 0 aliphatic carbocycles. The Labute approximate surface area is 177 Å². The summed E-state index contributed by atoms with van der Waals surface area (Å²) in [6.07, 6.45) is 0.662. The van der Waals surface area contributed by atoms with Crippen LogP contribution in [0.1, 0.15) is 94.9 Å². The topological polar surface area (TPSA) is 110 Å². The number of hydrogen-bond acceptors (Lipinski definition) is 6. The van der Waals surface area contributed by atoms with Gasteiger partial charge in [-0.25, -0.2) is 4.57 Å². The molecule has 2 unspecified atom stereocenters. The first-order chi connectivity index (χ1) is 12.3. The summed E-state index contributed by atoms with van der Waals surface area (Å²) in [5.74, 6) is -0.304. The lowest BCUT2D eigenvalue weighted by Crippen LogP contribution is -2.39. The van der Waals surface area contributed by atoms with Crippen LogP contribution < -0.4 is 0 Å². The molecule has 29 heavy (non-hydrogen) atoms. The molecule has 0 heterocycles. The number of Topliss-reactive ketones (excluding diaryl/α,β-unsaturated/α-hetero) is 2. The van der Waals surface area contributed by atoms with E-state index in [1.165, 1.54) is 0 Å². The highest BCUT2D eigenvalue weighted by Crippen LogP contribution is 2.48. The molecule has 0 spiro atoms. The Hall–Kier alpha value is -0.590. The van der Waals surface area contributed by atoms with E-state index in [0.717, 1.165) is 6.42 Å². The minimum absolute atomic E-state index is 0. The quantitative estimate of drug-likeness (QED) is 0.409. The van der Waals surface area contributed by atoms with Gasteiger partial charge in [0.2, 0.25) is 0 Å². The smallest absolute Gasteiger partial charge is 0.385 e. The fourth-order valence-electron chi connectivity index (χ4n) is 2.37. The summed E-state index contributed by atoms with van der Waals surface area (Å²) in [5, 5.41) is 10.3. The molecular formula is C21H43O7P. The third-order valence-corrected chi connectivity index (χ3v) is 5.30. The number of carbonyl (C=O) groups excluding carboxylic acids is 2. The fraction of sp³-hybridized carbons (Fsp3) is 0.905. The van der Waals surface area contributed by atoms with E-state index in [2.05, 4.69) is 20.8 Å². The first-order valence-electron chi connectivity index (χ1n) is 9.75. The van der Waals surface area contributed by atoms with E-state index in [0.29, 0.717) is 19.3 Å². The SMILES string of the molecule is C.CC(C)(C)CCC(=O)CCCC(=O)C(O)C(C)(C)COP(=O)(O)OC(C)(C)C. The summed E-state index contributed by atoms with van der Waals surface area (Å²) in [4.78, 5) is 33.9. The second kappa shape index (κ2) is 11.7. The lowest BCUT2D eigenvalue weighted by Gasteiger charge is -2.31. The van der Waals surface area contributed by atoms with Crippen LogP contribution in [-0.4, -0.2) is 39.9 Å². The van der Waals surface area contributed by atoms with Crippen molar-refractivity contribution in [2.45, 2.75) is 107 Å². The van der Waals surface area contributed by atoms with Gasteiger partial charge in [0, 0.05) is 24.7 Å². The molecule has 0 aliphatic heterocycles. The van der Waals surface area contributed by atoms with E-state index in [9.17, 15) is 24.2 Å². The van der Waals surface area contributed by atoms with Gasteiger partial charge in [-0.1, -0.05) is 42.0 Å². The van der Waals surface area contributed by atoms with Crippen molar-refractivity contribution in [3.05, 3.63) is 0 Å². The maximum Gasteiger partial charge on any atom is 0.472 e. The summed E-state index contributed by atoms with van der Waals surface area (Å²) in [5.41, 5.74) is -1.86. The molecule has 2 atom stereocenters. The van der Waals surface area contributed by atoms with Gasteiger partial charge in [-0.15, -0.1) is 0 Å². The van der Waals surface area contributed by atoms with Gasteiger partial charge in [-0.05, 0) is 39.0 Å². The van der Waals surface area contributed by atoms with Gasteiger partial charge < -0.3 is 10.00 Å². The van der Waals surface area contributed by atoms with Crippen LogP contribution in [0.5, 0.6) is 0 Å². The number of phosphoric ester groups is 1. The van der Waals surface area contributed by atoms with E-state index in [1.807, 2.05) is 0 Å². The molecule has 174 valence electrons. The van der Waals surface area contributed by atoms with Crippen molar-refractivity contribution in [2.24, 2.45) is 10.8 Å². The third-order valence-electron chi connectivity index (χ3n) is 4.07. The maximum atomic E-state index is 12.3. The Kier molecular flexibility index (Phi) is 12.4. The van der Waals surface area contributed by atoms with E-state index in [-0.39, 0.29) is 31.7 Å². The van der Waals surface area contributed by atoms with Gasteiger partial charge in [0.25, 0.3) is 0 Å². The van der Waals surface area contributed by atoms with Crippen molar-refractivity contribution >= 4 is 19.4 Å². The largest absolute Gasteiger partial charge is 0.472 e. The predicted octanol–water partition coefficient (Wildman–Crippen LogP) is 5.08. The second-order valence-electron chi connectivity index (χ2n) is 10.3. The number of ketones is 2. The molecule has 7 nitrogen and oxygen atoms in total. The van der Waals surface area contributed by atoms with Crippen LogP contribution in [0.25, 0.3) is 0 Å². The van der Waals surface area contributed by atoms with Crippen molar-refractivity contribution in [1.82, 2.24) is 0 Å². The van der Waals surface area contributed by atoms with Gasteiger partial charge >= 0.3 is 7.82 Å². The first-order valence-corrected chi connectivity index (χ1v) is 11.2. The molecule has 0 fully saturated rings. The zero-order chi connectivity index (χ0) is 22.4. The zero-order valence-electron chi connectivity index (χ0n) is 18.7. The average Bonchev–Trinajstić information content (AvgIpc) is 2.47. The first kappa shape index (κ1) is 30.6. The van der Waals surface area contributed by atoms with E-state index in [4.69, 9.17) is 9.05 Å². The van der Waals surface area contributed by atoms with Crippen molar-refractivity contribution < 1.29 is 33.2 Å². The number of rotatable bonds is 12. The average molecular weight is 439 g/mol. The fourth-order valence-corrected chi connectivity index (χ4v) is 3.61. The number of phosphoric acid groups is 1. The molecule has 0 radical (unpaired) electrons. The second-order valence-corrected chi connectivity index (χ2v) is 11.6. The Bertz CT molecular complexity index is 571. The molecule has 0 amide bonds.